The molecule has 0 spiro atoms. The van der Waals surface area contributed by atoms with E-state index in [0.717, 1.165) is 24.3 Å². The van der Waals surface area contributed by atoms with E-state index >= 15 is 9.59 Å². The highest BCUT2D eigenvalue weighted by molar-refractivity contribution is 6.32. The van der Waals surface area contributed by atoms with Gasteiger partial charge in [-0.05, 0) is 114 Å². The Morgan fingerprint density at radius 3 is 1.83 bits per heavy atom. The number of rotatable bonds is 8. The third kappa shape index (κ3) is 12.4. The molecule has 5 heterocycles. The molecule has 5 aromatic rings. The van der Waals surface area contributed by atoms with Crippen LogP contribution < -0.4 is 57.7 Å². The van der Waals surface area contributed by atoms with Crippen LogP contribution in [0.5, 0.6) is 40.2 Å². The Bertz CT molecular complexity index is 3400. The number of amides is 8. The fourth-order valence-corrected chi connectivity index (χ4v) is 10.1. The number of hydrogen-bond acceptors (Lipinski definition) is 16. The number of aliphatic hydroxyl groups is 2. The van der Waals surface area contributed by atoms with Crippen molar-refractivity contribution in [3.05, 3.63) is 122 Å². The van der Waals surface area contributed by atoms with E-state index < -0.39 is 137 Å². The van der Waals surface area contributed by atoms with Crippen LogP contribution in [0.4, 0.5) is 0 Å². The topological polar surface area (TPSA) is 378 Å². The zero-order valence-electron chi connectivity index (χ0n) is 43.8. The highest BCUT2D eigenvalue weighted by Crippen LogP contribution is 2.47. The SMILES string of the molecule is CNC(=O)[C@H]1NC(=O)[C@H]2NC(=O)[C@H](NC(=O)[C@@H]3NC(=O)[C@H](CC(N)=O)NC(=O)[C@H](NC(=O)[C@@H](CC(C)C)NC)[C@H](O)c4ccc(c(Cl)c4)Oc4cc3cc(c4O)Oc3ccc(cc3Cl)[C@H]2O)c2ccc(C)c(c2)-c2c(O)cc(O)cc21. The van der Waals surface area contributed by atoms with Crippen molar-refractivity contribution in [3.8, 4) is 51.4 Å². The summed E-state index contributed by atoms with van der Waals surface area (Å²) in [4.78, 5) is 115. The Morgan fingerprint density at radius 2 is 1.25 bits per heavy atom. The molecule has 9 atom stereocenters. The van der Waals surface area contributed by atoms with Crippen molar-refractivity contribution in [2.24, 2.45) is 11.7 Å². The predicted molar refractivity (Wildman–Crippen MR) is 290 cm³/mol. The van der Waals surface area contributed by atoms with E-state index in [0.29, 0.717) is 5.56 Å². The monoisotopic (exact) mass is 1150 g/mol. The van der Waals surface area contributed by atoms with Crippen molar-refractivity contribution >= 4 is 70.5 Å². The van der Waals surface area contributed by atoms with Gasteiger partial charge in [0.1, 0.15) is 71.5 Å². The number of aliphatic hydroxyl groups excluding tert-OH is 2. The van der Waals surface area contributed by atoms with Crippen LogP contribution in [0.15, 0.2) is 78.9 Å². The number of halogens is 2. The third-order valence-corrected chi connectivity index (χ3v) is 14.4. The molecule has 10 rings (SSSR count). The Morgan fingerprint density at radius 1 is 0.667 bits per heavy atom. The molecule has 0 aliphatic carbocycles. The van der Waals surface area contributed by atoms with E-state index in [1.165, 1.54) is 68.7 Å². The number of likely N-dealkylation sites (N-methyl/N-ethyl adjacent to an activating group) is 2. The van der Waals surface area contributed by atoms with Crippen molar-refractivity contribution in [2.45, 2.75) is 88.1 Å². The van der Waals surface area contributed by atoms with Gasteiger partial charge in [-0.1, -0.05) is 61.3 Å². The van der Waals surface area contributed by atoms with E-state index in [9.17, 15) is 54.3 Å². The Kier molecular flexibility index (Phi) is 17.3. The van der Waals surface area contributed by atoms with Crippen molar-refractivity contribution in [3.63, 3.8) is 0 Å². The Hall–Kier alpha value is -8.68. The van der Waals surface area contributed by atoms with E-state index in [1.807, 2.05) is 13.8 Å². The first-order valence-electron chi connectivity index (χ1n) is 25.2. The number of nitrogens with two attached hydrogens (primary N) is 1. The van der Waals surface area contributed by atoms with Crippen LogP contribution in [0.2, 0.25) is 10.0 Å². The van der Waals surface area contributed by atoms with Gasteiger partial charge in [0.15, 0.2) is 11.5 Å². The van der Waals surface area contributed by atoms with Gasteiger partial charge in [0.05, 0.1) is 22.5 Å². The number of carbonyl (C=O) groups is 8. The Balaban J connectivity index is 1.36. The molecule has 5 aromatic carbocycles. The lowest BCUT2D eigenvalue weighted by molar-refractivity contribution is -0.138. The highest BCUT2D eigenvalue weighted by Gasteiger charge is 2.41. The quantitative estimate of drug-likeness (QED) is 0.106. The molecule has 26 heteroatoms. The summed E-state index contributed by atoms with van der Waals surface area (Å²) in [6.45, 7) is 5.32. The van der Waals surface area contributed by atoms with E-state index in [-0.39, 0.29) is 72.8 Å². The highest BCUT2D eigenvalue weighted by atomic mass is 35.5. The van der Waals surface area contributed by atoms with Gasteiger partial charge in [-0.2, -0.15) is 0 Å². The maximum atomic E-state index is 15.5. The molecule has 0 saturated heterocycles. The summed E-state index contributed by atoms with van der Waals surface area (Å²) in [5, 5.41) is 78.2. The third-order valence-electron chi connectivity index (χ3n) is 13.8. The number of phenolic OH excluding ortho intramolecular Hbond substituents is 3. The number of benzene rings is 5. The van der Waals surface area contributed by atoms with E-state index in [2.05, 4.69) is 42.5 Å². The largest absolute Gasteiger partial charge is 0.508 e. The van der Waals surface area contributed by atoms with Gasteiger partial charge < -0.3 is 83.3 Å². The van der Waals surface area contributed by atoms with Gasteiger partial charge in [-0.25, -0.2) is 0 Å². The van der Waals surface area contributed by atoms with Crippen LogP contribution in [0.3, 0.4) is 0 Å². The number of aryl methyl sites for hydroxylation is 1. The van der Waals surface area contributed by atoms with Crippen molar-refractivity contribution in [2.75, 3.05) is 14.1 Å². The summed E-state index contributed by atoms with van der Waals surface area (Å²) in [5.74, 6) is -12.2. The molecule has 8 amide bonds. The van der Waals surface area contributed by atoms with Crippen molar-refractivity contribution in [1.82, 2.24) is 42.5 Å². The fraction of sp³-hybridized carbons (Fsp3) is 0.309. The summed E-state index contributed by atoms with van der Waals surface area (Å²) in [6.07, 6.45) is -4.59. The van der Waals surface area contributed by atoms with Crippen LogP contribution in [-0.2, 0) is 38.4 Å². The summed E-state index contributed by atoms with van der Waals surface area (Å²) >= 11 is 13.6. The number of nitrogens with one attached hydrogen (secondary N) is 8. The number of aromatic hydroxyl groups is 3. The lowest BCUT2D eigenvalue weighted by Gasteiger charge is -2.31. The van der Waals surface area contributed by atoms with E-state index in [1.54, 1.807) is 6.92 Å². The molecule has 5 aliphatic rings. The van der Waals surface area contributed by atoms with Crippen LogP contribution in [0.1, 0.15) is 90.4 Å². The van der Waals surface area contributed by atoms with Crippen LogP contribution in [-0.4, -0.2) is 111 Å². The molecule has 24 nitrogen and oxygen atoms in total. The van der Waals surface area contributed by atoms with Crippen LogP contribution >= 0.6 is 23.2 Å². The maximum Gasteiger partial charge on any atom is 0.248 e. The molecule has 0 aromatic heterocycles. The number of hydrogen-bond donors (Lipinski definition) is 14. The molecule has 0 fully saturated rings. The average molecular weight is 1160 g/mol. The second-order valence-electron chi connectivity index (χ2n) is 20.0. The predicted octanol–water partition coefficient (Wildman–Crippen LogP) is 2.66. The standard InChI is InChI=1S/C55H57Cl2N9O15/c1-21(2)12-32(59-4)49(73)65-44-46(70)24-8-10-35(30(56)14-24)80-37-16-26-17-38(48(37)72)81-36-11-9-25(15-31(36)57)47(71)45-55(79)64-43(51(75)60-5)29-18-27(67)19-34(68)40(29)28-13-23(7-6-22(28)3)41(52(76)66-45)63-53(77)42(26)62-50(74)33(20-39(58)69)61-54(44)78/h6-11,13-19,21,32-33,41-47,59,67-68,70-72H,12,20H2,1-5H3,(H2,58,69)(H,60,75)(H,61,78)(H,62,74)(H,63,77)(H,64,79)(H,65,73)(H,66,76)/t32-,33+,41-,42-,43+,44-,45+,46-,47-/m1/s1. The van der Waals surface area contributed by atoms with Crippen molar-refractivity contribution in [1.29, 1.82) is 0 Å². The van der Waals surface area contributed by atoms with Crippen LogP contribution in [0, 0.1) is 12.8 Å². The first-order valence-corrected chi connectivity index (χ1v) is 26.0. The first-order chi connectivity index (χ1) is 38.4. The molecular weight excluding hydrogens is 1100 g/mol. The zero-order chi connectivity index (χ0) is 58.9. The number of fused-ring (bicyclic) bond motifs is 15. The van der Waals surface area contributed by atoms with E-state index in [4.69, 9.17) is 38.4 Å². The molecule has 15 N–H and O–H groups in total. The number of carbonyl (C=O) groups excluding carboxylic acids is 8. The lowest BCUT2D eigenvalue weighted by Crippen LogP contribution is -2.59. The van der Waals surface area contributed by atoms with Gasteiger partial charge in [0, 0.05) is 18.7 Å². The normalized spacial score (nSPS) is 22.3. The second-order valence-corrected chi connectivity index (χ2v) is 20.8. The smallest absolute Gasteiger partial charge is 0.248 e. The van der Waals surface area contributed by atoms with Gasteiger partial charge >= 0.3 is 0 Å². The fourth-order valence-electron chi connectivity index (χ4n) is 9.65. The maximum absolute atomic E-state index is 15.5. The average Bonchev–Trinajstić information content (AvgIpc) is 3.58. The number of primary amides is 1. The summed E-state index contributed by atoms with van der Waals surface area (Å²) in [7, 11) is 2.78. The van der Waals surface area contributed by atoms with Gasteiger partial charge in [-0.15, -0.1) is 0 Å². The summed E-state index contributed by atoms with van der Waals surface area (Å²) < 4.78 is 12.3. The van der Waals surface area contributed by atoms with Gasteiger partial charge in [0.2, 0.25) is 53.0 Å². The second kappa shape index (κ2) is 24.0. The van der Waals surface area contributed by atoms with Crippen LogP contribution in [0.25, 0.3) is 11.1 Å². The summed E-state index contributed by atoms with van der Waals surface area (Å²) in [5.41, 5.74) is 5.41. The molecule has 5 aliphatic heterocycles. The molecule has 81 heavy (non-hydrogen) atoms. The zero-order valence-corrected chi connectivity index (χ0v) is 45.4. The Labute approximate surface area is 472 Å². The molecule has 11 bridgehead atoms. The minimum Gasteiger partial charge on any atom is -0.508 e. The number of phenols is 3. The molecule has 0 unspecified atom stereocenters. The van der Waals surface area contributed by atoms with Gasteiger partial charge in [-0.3, -0.25) is 38.4 Å². The van der Waals surface area contributed by atoms with Gasteiger partial charge in [0.25, 0.3) is 0 Å². The molecule has 0 radical (unpaired) electrons. The molecule has 0 saturated carbocycles. The molecular formula is C55H57Cl2N9O15. The number of ether oxygens (including phenoxy) is 2. The molecule has 426 valence electrons. The minimum absolute atomic E-state index is 0.0195. The minimum atomic E-state index is -2.09. The van der Waals surface area contributed by atoms with Crippen molar-refractivity contribution < 1.29 is 73.4 Å². The summed E-state index contributed by atoms with van der Waals surface area (Å²) in [6, 6.07) is 3.40. The first kappa shape index (κ1) is 58.5. The lowest BCUT2D eigenvalue weighted by atomic mass is 9.87.